The van der Waals surface area contributed by atoms with E-state index in [0.717, 1.165) is 5.56 Å². The summed E-state index contributed by atoms with van der Waals surface area (Å²) in [7, 11) is 0. The molecule has 0 saturated heterocycles. The summed E-state index contributed by atoms with van der Waals surface area (Å²) in [4.78, 5) is 3.99. The maximum atomic E-state index is 4.75. The van der Waals surface area contributed by atoms with Crippen LogP contribution >= 0.6 is 0 Å². The summed E-state index contributed by atoms with van der Waals surface area (Å²) in [5.41, 5.74) is 0.941. The second kappa shape index (κ2) is 2.77. The summed E-state index contributed by atoms with van der Waals surface area (Å²) in [6, 6.07) is 9.63. The molecule has 0 aliphatic heterocycles. The van der Waals surface area contributed by atoms with Gasteiger partial charge in [0.15, 0.2) is 0 Å². The first-order valence-corrected chi connectivity index (χ1v) is 3.57. The van der Waals surface area contributed by atoms with Crippen LogP contribution in [0.4, 0.5) is 0 Å². The highest BCUT2D eigenvalue weighted by Gasteiger charge is 2.02. The van der Waals surface area contributed by atoms with Gasteiger partial charge in [0.1, 0.15) is 0 Å². The maximum absolute atomic E-state index is 4.75. The van der Waals surface area contributed by atoms with Crippen molar-refractivity contribution in [3.63, 3.8) is 0 Å². The largest absolute Gasteiger partial charge is 0.339 e. The smallest absolute Gasteiger partial charge is 0.227 e. The lowest BCUT2D eigenvalue weighted by Crippen LogP contribution is -1.78. The van der Waals surface area contributed by atoms with Crippen molar-refractivity contribution in [3.05, 3.63) is 43.1 Å². The molecule has 1 aromatic heterocycles. The van der Waals surface area contributed by atoms with Gasteiger partial charge in [0.05, 0.1) is 0 Å². The average molecular weight is 159 g/mol. The zero-order chi connectivity index (χ0) is 8.39. The molecule has 0 aliphatic rings. The van der Waals surface area contributed by atoms with Gasteiger partial charge in [-0.25, -0.2) is 0 Å². The van der Waals surface area contributed by atoms with Crippen molar-refractivity contribution in [2.75, 3.05) is 0 Å². The number of aromatic nitrogens is 2. The summed E-state index contributed by atoms with van der Waals surface area (Å²) in [5, 5.41) is 3.74. The number of nitrogens with zero attached hydrogens (tertiary/aromatic N) is 2. The fourth-order valence-corrected chi connectivity index (χ4v) is 0.959. The normalized spacial score (nSPS) is 10.1. The Bertz CT molecular complexity index is 367. The minimum atomic E-state index is 0.342. The second-order valence-electron chi connectivity index (χ2n) is 2.38. The van der Waals surface area contributed by atoms with Crippen LogP contribution in [0.15, 0.2) is 34.9 Å². The zero-order valence-corrected chi connectivity index (χ0v) is 6.40. The van der Waals surface area contributed by atoms with Gasteiger partial charge in [-0.05, 0) is 0 Å². The molecular weight excluding hydrogens is 152 g/mol. The van der Waals surface area contributed by atoms with Crippen LogP contribution in [0.1, 0.15) is 5.89 Å². The van der Waals surface area contributed by atoms with E-state index in [9.17, 15) is 0 Å². The van der Waals surface area contributed by atoms with E-state index in [-0.39, 0.29) is 0 Å². The van der Waals surface area contributed by atoms with Crippen molar-refractivity contribution < 1.29 is 4.52 Å². The molecule has 0 bridgehead atoms. The topological polar surface area (TPSA) is 38.9 Å². The van der Waals surface area contributed by atoms with Gasteiger partial charge in [0.2, 0.25) is 11.7 Å². The molecule has 1 heterocycles. The first kappa shape index (κ1) is 7.03. The third-order valence-corrected chi connectivity index (χ3v) is 1.50. The molecule has 0 aliphatic carbocycles. The fourth-order valence-electron chi connectivity index (χ4n) is 0.959. The first-order chi connectivity index (χ1) is 5.86. The van der Waals surface area contributed by atoms with E-state index >= 15 is 0 Å². The van der Waals surface area contributed by atoms with Crippen LogP contribution in [0.3, 0.4) is 0 Å². The highest BCUT2D eigenvalue weighted by atomic mass is 16.5. The third-order valence-electron chi connectivity index (χ3n) is 1.50. The lowest BCUT2D eigenvalue weighted by molar-refractivity contribution is 0.405. The molecule has 12 heavy (non-hydrogen) atoms. The molecule has 0 amide bonds. The molecule has 2 aromatic rings. The molecule has 3 heteroatoms. The maximum Gasteiger partial charge on any atom is 0.227 e. The average Bonchev–Trinajstić information content (AvgIpc) is 2.54. The Morgan fingerprint density at radius 3 is 2.50 bits per heavy atom. The van der Waals surface area contributed by atoms with Crippen molar-refractivity contribution in [1.82, 2.24) is 10.1 Å². The zero-order valence-electron chi connectivity index (χ0n) is 6.40. The highest BCUT2D eigenvalue weighted by molar-refractivity contribution is 5.53. The van der Waals surface area contributed by atoms with Gasteiger partial charge >= 0.3 is 0 Å². The van der Waals surface area contributed by atoms with Gasteiger partial charge in [0.25, 0.3) is 0 Å². The van der Waals surface area contributed by atoms with E-state index in [2.05, 4.69) is 17.1 Å². The molecule has 0 fully saturated rings. The van der Waals surface area contributed by atoms with E-state index < -0.39 is 0 Å². The Morgan fingerprint density at radius 1 is 1.17 bits per heavy atom. The molecule has 0 unspecified atom stereocenters. The monoisotopic (exact) mass is 159 g/mol. The number of benzene rings is 1. The molecular formula is C9H7N2O. The Balaban J connectivity index is 2.45. The summed E-state index contributed by atoms with van der Waals surface area (Å²) >= 11 is 0. The summed E-state index contributed by atoms with van der Waals surface area (Å²) in [6.45, 7) is 3.53. The number of hydrogen-bond donors (Lipinski definition) is 0. The fraction of sp³-hybridized carbons (Fsp3) is 0. The SMILES string of the molecule is [CH2]c1nc(-c2ccccc2)no1. The highest BCUT2D eigenvalue weighted by Crippen LogP contribution is 2.13. The van der Waals surface area contributed by atoms with Gasteiger partial charge in [-0.2, -0.15) is 4.98 Å². The number of hydrogen-bond acceptors (Lipinski definition) is 3. The minimum absolute atomic E-state index is 0.342. The van der Waals surface area contributed by atoms with Gasteiger partial charge in [-0.3, -0.25) is 0 Å². The Hall–Kier alpha value is -1.64. The van der Waals surface area contributed by atoms with Crippen molar-refractivity contribution in [2.24, 2.45) is 0 Å². The molecule has 1 radical (unpaired) electrons. The van der Waals surface area contributed by atoms with Gasteiger partial charge in [-0.1, -0.05) is 35.5 Å². The lowest BCUT2D eigenvalue weighted by Gasteiger charge is -1.89. The molecule has 0 spiro atoms. The van der Waals surface area contributed by atoms with Crippen LogP contribution in [-0.4, -0.2) is 10.1 Å². The molecule has 0 N–H and O–H groups in total. The van der Waals surface area contributed by atoms with E-state index in [1.165, 1.54) is 0 Å². The summed E-state index contributed by atoms with van der Waals surface area (Å²) in [6.07, 6.45) is 0. The van der Waals surface area contributed by atoms with E-state index in [1.54, 1.807) is 0 Å². The van der Waals surface area contributed by atoms with Crippen molar-refractivity contribution in [2.45, 2.75) is 0 Å². The number of rotatable bonds is 1. The van der Waals surface area contributed by atoms with Gasteiger partial charge in [-0.15, -0.1) is 0 Å². The van der Waals surface area contributed by atoms with Crippen molar-refractivity contribution in [1.29, 1.82) is 0 Å². The summed E-state index contributed by atoms with van der Waals surface area (Å²) < 4.78 is 4.75. The molecule has 2 rings (SSSR count). The van der Waals surface area contributed by atoms with Crippen LogP contribution in [0.25, 0.3) is 11.4 Å². The van der Waals surface area contributed by atoms with E-state index in [1.807, 2.05) is 30.3 Å². The Morgan fingerprint density at radius 2 is 1.92 bits per heavy atom. The third kappa shape index (κ3) is 1.21. The van der Waals surface area contributed by atoms with Crippen LogP contribution in [0.5, 0.6) is 0 Å². The van der Waals surface area contributed by atoms with E-state index in [4.69, 9.17) is 4.52 Å². The van der Waals surface area contributed by atoms with Crippen LogP contribution in [0.2, 0.25) is 0 Å². The standard InChI is InChI=1S/C9H7N2O/c1-7-10-9(11-12-7)8-5-3-2-4-6-8/h2-6H,1H2. The lowest BCUT2D eigenvalue weighted by atomic mass is 10.2. The van der Waals surface area contributed by atoms with Crippen LogP contribution < -0.4 is 0 Å². The summed E-state index contributed by atoms with van der Waals surface area (Å²) in [5.74, 6) is 0.925. The Kier molecular flexibility index (Phi) is 1.63. The predicted octanol–water partition coefficient (Wildman–Crippen LogP) is 1.92. The molecule has 0 saturated carbocycles. The quantitative estimate of drug-likeness (QED) is 0.638. The molecule has 1 aromatic carbocycles. The molecule has 0 atom stereocenters. The first-order valence-electron chi connectivity index (χ1n) is 3.57. The van der Waals surface area contributed by atoms with Crippen LogP contribution in [0, 0.1) is 6.92 Å². The molecule has 3 nitrogen and oxygen atoms in total. The van der Waals surface area contributed by atoms with Crippen molar-refractivity contribution >= 4 is 0 Å². The van der Waals surface area contributed by atoms with Gasteiger partial charge < -0.3 is 4.52 Å². The van der Waals surface area contributed by atoms with E-state index in [0.29, 0.717) is 11.7 Å². The predicted molar refractivity (Wildman–Crippen MR) is 44.2 cm³/mol. The van der Waals surface area contributed by atoms with Crippen LogP contribution in [-0.2, 0) is 0 Å². The van der Waals surface area contributed by atoms with Gasteiger partial charge in [0, 0.05) is 12.5 Å². The van der Waals surface area contributed by atoms with Crippen molar-refractivity contribution in [3.8, 4) is 11.4 Å². The molecule has 59 valence electrons. The second-order valence-corrected chi connectivity index (χ2v) is 2.38. The minimum Gasteiger partial charge on any atom is -0.339 e. The Labute approximate surface area is 70.0 Å².